The van der Waals surface area contributed by atoms with Crippen LogP contribution < -0.4 is 5.32 Å². The third kappa shape index (κ3) is 3.98. The van der Waals surface area contributed by atoms with E-state index in [-0.39, 0.29) is 5.41 Å². The Labute approximate surface area is 215 Å². The molecule has 5 aromatic carbocycles. The summed E-state index contributed by atoms with van der Waals surface area (Å²) in [5.41, 5.74) is 12.7. The van der Waals surface area contributed by atoms with Gasteiger partial charge in [-0.25, -0.2) is 0 Å². The summed E-state index contributed by atoms with van der Waals surface area (Å²) < 4.78 is 1.08. The predicted octanol–water partition coefficient (Wildman–Crippen LogP) is 9.83. The van der Waals surface area contributed by atoms with Crippen LogP contribution in [0.25, 0.3) is 33.4 Å². The van der Waals surface area contributed by atoms with Gasteiger partial charge in [-0.2, -0.15) is 0 Å². The van der Waals surface area contributed by atoms with Gasteiger partial charge >= 0.3 is 0 Å². The normalized spacial score (nSPS) is 13.2. The van der Waals surface area contributed by atoms with Gasteiger partial charge in [0.25, 0.3) is 0 Å². The fourth-order valence-electron chi connectivity index (χ4n) is 5.21. The Kier molecular flexibility index (Phi) is 5.35. The van der Waals surface area contributed by atoms with Crippen LogP contribution in [-0.4, -0.2) is 0 Å². The highest BCUT2D eigenvalue weighted by atomic mass is 79.9. The zero-order valence-corrected chi connectivity index (χ0v) is 21.4. The summed E-state index contributed by atoms with van der Waals surface area (Å²) in [6.45, 7) is 4.67. The van der Waals surface area contributed by atoms with Gasteiger partial charge in [0.05, 0.1) is 0 Å². The molecule has 1 nitrogen and oxygen atoms in total. The number of benzene rings is 5. The summed E-state index contributed by atoms with van der Waals surface area (Å²) in [6, 6.07) is 41.5. The second kappa shape index (κ2) is 8.55. The van der Waals surface area contributed by atoms with Crippen LogP contribution in [-0.2, 0) is 5.41 Å². The Hall–Kier alpha value is -3.62. The molecule has 0 saturated heterocycles. The standard InChI is InChI=1S/C33H26BrN/c1-33(2)31-9-4-3-8-29(31)30-19-12-25(21-32(30)33)24-7-5-6-23(20-24)22-10-15-27(16-11-22)35-28-17-13-26(34)14-18-28/h3-21,35H,1-2H3. The predicted molar refractivity (Wildman–Crippen MR) is 152 cm³/mol. The molecule has 0 saturated carbocycles. The number of hydrogen-bond donors (Lipinski definition) is 1. The molecule has 0 spiro atoms. The van der Waals surface area contributed by atoms with E-state index in [1.807, 2.05) is 12.1 Å². The average molecular weight is 516 g/mol. The molecule has 1 aliphatic carbocycles. The Morgan fingerprint density at radius 1 is 0.514 bits per heavy atom. The Bertz CT molecular complexity index is 1530. The molecule has 1 N–H and O–H groups in total. The summed E-state index contributed by atoms with van der Waals surface area (Å²) in [4.78, 5) is 0. The molecule has 0 unspecified atom stereocenters. The van der Waals surface area contributed by atoms with Crippen molar-refractivity contribution >= 4 is 27.3 Å². The van der Waals surface area contributed by atoms with E-state index >= 15 is 0 Å². The van der Waals surface area contributed by atoms with E-state index in [4.69, 9.17) is 0 Å². The van der Waals surface area contributed by atoms with Gasteiger partial charge in [-0.1, -0.05) is 96.5 Å². The van der Waals surface area contributed by atoms with Crippen LogP contribution in [0.15, 0.2) is 120 Å². The Morgan fingerprint density at radius 3 is 1.83 bits per heavy atom. The smallest absolute Gasteiger partial charge is 0.0384 e. The lowest BCUT2D eigenvalue weighted by molar-refractivity contribution is 0.660. The summed E-state index contributed by atoms with van der Waals surface area (Å²) in [5.74, 6) is 0. The van der Waals surface area contributed by atoms with Crippen LogP contribution in [0.3, 0.4) is 0 Å². The van der Waals surface area contributed by atoms with E-state index in [1.54, 1.807) is 0 Å². The largest absolute Gasteiger partial charge is 0.356 e. The molecule has 0 amide bonds. The summed E-state index contributed by atoms with van der Waals surface area (Å²) in [6.07, 6.45) is 0. The van der Waals surface area contributed by atoms with Gasteiger partial charge in [0.2, 0.25) is 0 Å². The maximum absolute atomic E-state index is 3.49. The van der Waals surface area contributed by atoms with Gasteiger partial charge in [0.1, 0.15) is 0 Å². The highest BCUT2D eigenvalue weighted by molar-refractivity contribution is 9.10. The lowest BCUT2D eigenvalue weighted by Gasteiger charge is -2.22. The summed E-state index contributed by atoms with van der Waals surface area (Å²) >= 11 is 3.49. The topological polar surface area (TPSA) is 12.0 Å². The van der Waals surface area contributed by atoms with E-state index in [9.17, 15) is 0 Å². The van der Waals surface area contributed by atoms with Crippen molar-refractivity contribution in [2.75, 3.05) is 5.32 Å². The van der Waals surface area contributed by atoms with E-state index < -0.39 is 0 Å². The van der Waals surface area contributed by atoms with Gasteiger partial charge in [-0.15, -0.1) is 0 Å². The molecular weight excluding hydrogens is 490 g/mol. The van der Waals surface area contributed by atoms with Gasteiger partial charge in [-0.3, -0.25) is 0 Å². The van der Waals surface area contributed by atoms with Crippen molar-refractivity contribution in [3.05, 3.63) is 131 Å². The zero-order valence-electron chi connectivity index (χ0n) is 19.8. The van der Waals surface area contributed by atoms with Crippen molar-refractivity contribution in [1.29, 1.82) is 0 Å². The van der Waals surface area contributed by atoms with E-state index in [0.717, 1.165) is 15.8 Å². The average Bonchev–Trinajstić information content (AvgIpc) is 3.12. The number of nitrogens with one attached hydrogen (secondary N) is 1. The van der Waals surface area contributed by atoms with Crippen molar-refractivity contribution in [2.45, 2.75) is 19.3 Å². The van der Waals surface area contributed by atoms with Crippen LogP contribution in [0.4, 0.5) is 11.4 Å². The second-order valence-corrected chi connectivity index (χ2v) is 10.6. The number of fused-ring (bicyclic) bond motifs is 3. The fraction of sp³-hybridized carbons (Fsp3) is 0.0909. The van der Waals surface area contributed by atoms with Crippen molar-refractivity contribution in [3.8, 4) is 33.4 Å². The van der Waals surface area contributed by atoms with Gasteiger partial charge < -0.3 is 5.32 Å². The number of anilines is 2. The molecule has 2 heteroatoms. The number of rotatable bonds is 4. The number of halogens is 1. The zero-order chi connectivity index (χ0) is 24.0. The van der Waals surface area contributed by atoms with Crippen molar-refractivity contribution in [2.24, 2.45) is 0 Å². The van der Waals surface area contributed by atoms with Crippen molar-refractivity contribution in [3.63, 3.8) is 0 Å². The van der Waals surface area contributed by atoms with Gasteiger partial charge in [0.15, 0.2) is 0 Å². The summed E-state index contributed by atoms with van der Waals surface area (Å²) in [5, 5.41) is 3.47. The molecule has 0 heterocycles. The molecule has 0 aliphatic heterocycles. The molecule has 170 valence electrons. The van der Waals surface area contributed by atoms with Crippen molar-refractivity contribution in [1.82, 2.24) is 0 Å². The molecule has 0 aromatic heterocycles. The maximum atomic E-state index is 3.49. The molecule has 5 aromatic rings. The molecule has 0 fully saturated rings. The van der Waals surface area contributed by atoms with E-state index in [0.29, 0.717) is 0 Å². The lowest BCUT2D eigenvalue weighted by atomic mass is 9.81. The first-order valence-corrected chi connectivity index (χ1v) is 12.8. The van der Waals surface area contributed by atoms with E-state index in [2.05, 4.69) is 138 Å². The Balaban J connectivity index is 1.29. The first-order chi connectivity index (χ1) is 17.0. The third-order valence-electron chi connectivity index (χ3n) is 7.13. The molecule has 0 radical (unpaired) electrons. The third-order valence-corrected chi connectivity index (χ3v) is 7.66. The van der Waals surface area contributed by atoms with Crippen LogP contribution in [0, 0.1) is 0 Å². The lowest BCUT2D eigenvalue weighted by Crippen LogP contribution is -2.14. The highest BCUT2D eigenvalue weighted by Gasteiger charge is 2.35. The molecule has 35 heavy (non-hydrogen) atoms. The first-order valence-electron chi connectivity index (χ1n) is 12.0. The first kappa shape index (κ1) is 21.9. The minimum Gasteiger partial charge on any atom is -0.356 e. The highest BCUT2D eigenvalue weighted by Crippen LogP contribution is 2.49. The van der Waals surface area contributed by atoms with Crippen LogP contribution >= 0.6 is 15.9 Å². The van der Waals surface area contributed by atoms with E-state index in [1.165, 1.54) is 44.5 Å². The van der Waals surface area contributed by atoms with Gasteiger partial charge in [-0.05, 0) is 93.0 Å². The SMILES string of the molecule is CC1(C)c2ccccc2-c2ccc(-c3cccc(-c4ccc(Nc5ccc(Br)cc5)cc4)c3)cc21. The fourth-order valence-corrected chi connectivity index (χ4v) is 5.47. The minimum atomic E-state index is 0.0111. The molecule has 0 atom stereocenters. The quantitative estimate of drug-likeness (QED) is 0.251. The van der Waals surface area contributed by atoms with Crippen LogP contribution in [0.1, 0.15) is 25.0 Å². The monoisotopic (exact) mass is 515 g/mol. The maximum Gasteiger partial charge on any atom is 0.0384 e. The molecule has 1 aliphatic rings. The van der Waals surface area contributed by atoms with Crippen LogP contribution in [0.2, 0.25) is 0 Å². The summed E-state index contributed by atoms with van der Waals surface area (Å²) in [7, 11) is 0. The molecular formula is C33H26BrN. The van der Waals surface area contributed by atoms with Gasteiger partial charge in [0, 0.05) is 21.3 Å². The minimum absolute atomic E-state index is 0.0111. The Morgan fingerprint density at radius 2 is 1.09 bits per heavy atom. The number of hydrogen-bond acceptors (Lipinski definition) is 1. The van der Waals surface area contributed by atoms with Crippen LogP contribution in [0.5, 0.6) is 0 Å². The second-order valence-electron chi connectivity index (χ2n) is 9.72. The van der Waals surface area contributed by atoms with Crippen molar-refractivity contribution < 1.29 is 0 Å². The molecule has 6 rings (SSSR count). The molecule has 0 bridgehead atoms.